The van der Waals surface area contributed by atoms with Crippen LogP contribution in [0.2, 0.25) is 5.02 Å². The van der Waals surface area contributed by atoms with Gasteiger partial charge in [-0.3, -0.25) is 4.98 Å². The third kappa shape index (κ3) is 4.03. The van der Waals surface area contributed by atoms with Gasteiger partial charge >= 0.3 is 13.1 Å². The fourth-order valence-electron chi connectivity index (χ4n) is 3.03. The number of aromatic nitrogens is 1. The number of nitrogens with zero attached hydrogens (tertiary/aromatic N) is 1. The van der Waals surface area contributed by atoms with Crippen LogP contribution in [-0.2, 0) is 4.74 Å². The average molecular weight is 414 g/mol. The Balaban J connectivity index is 2.12. The summed E-state index contributed by atoms with van der Waals surface area (Å²) in [5.41, 5.74) is 3.77. The zero-order valence-electron chi connectivity index (χ0n) is 16.0. The molecule has 1 heterocycles. The SMILES string of the molecule is COC(=O)c1cc2c(Cl)c(/C(C)=C(/C)c3ccc(B(O)O)cc3)cnc2cc1F. The zero-order valence-corrected chi connectivity index (χ0v) is 16.8. The van der Waals surface area contributed by atoms with E-state index in [1.165, 1.54) is 13.2 Å². The Hall–Kier alpha value is -2.74. The highest BCUT2D eigenvalue weighted by Crippen LogP contribution is 2.35. The number of benzene rings is 2. The molecule has 0 fully saturated rings. The summed E-state index contributed by atoms with van der Waals surface area (Å²) in [7, 11) is -0.350. The molecule has 0 radical (unpaired) electrons. The first-order chi connectivity index (χ1) is 13.7. The van der Waals surface area contributed by atoms with Crippen LogP contribution in [0.3, 0.4) is 0 Å². The van der Waals surface area contributed by atoms with E-state index in [-0.39, 0.29) is 5.56 Å². The second-order valence-corrected chi connectivity index (χ2v) is 6.95. The highest BCUT2D eigenvalue weighted by atomic mass is 35.5. The third-order valence-corrected chi connectivity index (χ3v) is 5.31. The summed E-state index contributed by atoms with van der Waals surface area (Å²) in [6.45, 7) is 3.79. The maximum Gasteiger partial charge on any atom is 0.488 e. The zero-order chi connectivity index (χ0) is 21.3. The van der Waals surface area contributed by atoms with Crippen molar-refractivity contribution in [2.45, 2.75) is 13.8 Å². The minimum atomic E-state index is -1.53. The minimum Gasteiger partial charge on any atom is -0.465 e. The summed E-state index contributed by atoms with van der Waals surface area (Å²) in [6, 6.07) is 9.31. The van der Waals surface area contributed by atoms with Crippen LogP contribution in [0.5, 0.6) is 0 Å². The molecule has 5 nitrogen and oxygen atoms in total. The fourth-order valence-corrected chi connectivity index (χ4v) is 3.37. The lowest BCUT2D eigenvalue weighted by molar-refractivity contribution is 0.0595. The Morgan fingerprint density at radius 1 is 1.10 bits per heavy atom. The van der Waals surface area contributed by atoms with Crippen LogP contribution in [0.1, 0.15) is 35.3 Å². The Kier molecular flexibility index (Phi) is 6.03. The number of hydrogen-bond acceptors (Lipinski definition) is 5. The summed E-state index contributed by atoms with van der Waals surface area (Å²) >= 11 is 6.59. The molecule has 0 saturated heterocycles. The van der Waals surface area contributed by atoms with E-state index >= 15 is 0 Å². The summed E-state index contributed by atoms with van der Waals surface area (Å²) in [5, 5.41) is 19.3. The predicted molar refractivity (Wildman–Crippen MR) is 112 cm³/mol. The normalized spacial score (nSPS) is 12.0. The van der Waals surface area contributed by atoms with E-state index < -0.39 is 18.9 Å². The van der Waals surface area contributed by atoms with Gasteiger partial charge in [0, 0.05) is 23.2 Å². The summed E-state index contributed by atoms with van der Waals surface area (Å²) in [4.78, 5) is 16.1. The van der Waals surface area contributed by atoms with E-state index in [4.69, 9.17) is 11.6 Å². The topological polar surface area (TPSA) is 79.7 Å². The number of carbonyl (C=O) groups excluding carboxylic acids is 1. The summed E-state index contributed by atoms with van der Waals surface area (Å²) in [5.74, 6) is -1.52. The largest absolute Gasteiger partial charge is 0.488 e. The quantitative estimate of drug-likeness (QED) is 0.506. The Morgan fingerprint density at radius 3 is 2.34 bits per heavy atom. The van der Waals surface area contributed by atoms with Gasteiger partial charge in [0.15, 0.2) is 0 Å². The van der Waals surface area contributed by atoms with Crippen molar-refractivity contribution >= 4 is 52.2 Å². The molecule has 8 heteroatoms. The van der Waals surface area contributed by atoms with E-state index in [1.54, 1.807) is 30.5 Å². The Labute approximate surface area is 172 Å². The standard InChI is InChI=1S/C21H18BClFNO4/c1-11(13-4-6-14(7-5-13)22(27)28)12(2)17-10-25-19-9-18(24)15(21(26)29-3)8-16(19)20(17)23/h4-10,27-28H,1-3H3/b12-11-. The molecule has 0 aliphatic carbocycles. The molecule has 3 aromatic rings. The maximum atomic E-state index is 14.2. The molecule has 2 aromatic carbocycles. The van der Waals surface area contributed by atoms with Gasteiger partial charge < -0.3 is 14.8 Å². The first-order valence-corrected chi connectivity index (χ1v) is 9.12. The number of fused-ring (bicyclic) bond motifs is 1. The molecule has 0 unspecified atom stereocenters. The van der Waals surface area contributed by atoms with Crippen molar-refractivity contribution in [2.75, 3.05) is 7.11 Å². The lowest BCUT2D eigenvalue weighted by atomic mass is 9.79. The molecule has 29 heavy (non-hydrogen) atoms. The van der Waals surface area contributed by atoms with Gasteiger partial charge in [-0.2, -0.15) is 0 Å². The third-order valence-electron chi connectivity index (χ3n) is 4.90. The molecule has 0 amide bonds. The number of halogens is 2. The van der Waals surface area contributed by atoms with Crippen molar-refractivity contribution in [1.82, 2.24) is 4.98 Å². The van der Waals surface area contributed by atoms with Gasteiger partial charge in [0.25, 0.3) is 0 Å². The number of rotatable bonds is 4. The average Bonchev–Trinajstić information content (AvgIpc) is 2.72. The second kappa shape index (κ2) is 8.33. The van der Waals surface area contributed by atoms with Crippen LogP contribution in [0.25, 0.3) is 22.0 Å². The maximum absolute atomic E-state index is 14.2. The minimum absolute atomic E-state index is 0.211. The van der Waals surface area contributed by atoms with Crippen LogP contribution in [0.15, 0.2) is 42.6 Å². The monoisotopic (exact) mass is 413 g/mol. The van der Waals surface area contributed by atoms with Gasteiger partial charge in [-0.15, -0.1) is 0 Å². The molecule has 3 rings (SSSR count). The van der Waals surface area contributed by atoms with Crippen molar-refractivity contribution in [2.24, 2.45) is 0 Å². The molecule has 0 aliphatic rings. The number of methoxy groups -OCH3 is 1. The number of allylic oxidation sites excluding steroid dienone is 2. The van der Waals surface area contributed by atoms with Gasteiger partial charge in [0.05, 0.1) is 23.2 Å². The van der Waals surface area contributed by atoms with Gasteiger partial charge in [-0.1, -0.05) is 35.9 Å². The molecule has 2 N–H and O–H groups in total. The van der Waals surface area contributed by atoms with Crippen molar-refractivity contribution in [3.8, 4) is 0 Å². The predicted octanol–water partition coefficient (Wildman–Crippen LogP) is 3.44. The fraction of sp³-hybridized carbons (Fsp3) is 0.143. The van der Waals surface area contributed by atoms with Crippen LogP contribution in [0, 0.1) is 5.82 Å². The van der Waals surface area contributed by atoms with E-state index in [0.29, 0.717) is 27.0 Å². The number of hydrogen-bond donors (Lipinski definition) is 2. The van der Waals surface area contributed by atoms with E-state index in [2.05, 4.69) is 9.72 Å². The van der Waals surface area contributed by atoms with Crippen molar-refractivity contribution in [3.05, 3.63) is 70.1 Å². The molecule has 0 spiro atoms. The second-order valence-electron chi connectivity index (χ2n) is 6.57. The first kappa shape index (κ1) is 21.0. The van der Waals surface area contributed by atoms with Gasteiger partial charge in [0.2, 0.25) is 0 Å². The molecule has 0 aliphatic heterocycles. The van der Waals surface area contributed by atoms with E-state index in [9.17, 15) is 19.2 Å². The number of pyridine rings is 1. The number of carbonyl (C=O) groups is 1. The van der Waals surface area contributed by atoms with Crippen LogP contribution >= 0.6 is 11.6 Å². The van der Waals surface area contributed by atoms with Gasteiger partial charge in [-0.25, -0.2) is 9.18 Å². The lowest BCUT2D eigenvalue weighted by Crippen LogP contribution is -2.29. The number of esters is 1. The van der Waals surface area contributed by atoms with Crippen LogP contribution in [0.4, 0.5) is 4.39 Å². The summed E-state index contributed by atoms with van der Waals surface area (Å²) in [6.07, 6.45) is 1.56. The van der Waals surface area contributed by atoms with Gasteiger partial charge in [0.1, 0.15) is 5.82 Å². The van der Waals surface area contributed by atoms with E-state index in [0.717, 1.165) is 22.8 Å². The van der Waals surface area contributed by atoms with Gasteiger partial charge in [-0.05, 0) is 42.1 Å². The molecule has 0 atom stereocenters. The highest BCUT2D eigenvalue weighted by molar-refractivity contribution is 6.58. The molecule has 148 valence electrons. The van der Waals surface area contributed by atoms with Crippen LogP contribution in [-0.4, -0.2) is 35.2 Å². The molecule has 0 saturated carbocycles. The Bertz CT molecular complexity index is 1130. The number of ether oxygens (including phenoxy) is 1. The molecule has 1 aromatic heterocycles. The Morgan fingerprint density at radius 2 is 1.76 bits per heavy atom. The molecular weight excluding hydrogens is 395 g/mol. The lowest BCUT2D eigenvalue weighted by Gasteiger charge is -2.13. The summed E-state index contributed by atoms with van der Waals surface area (Å²) < 4.78 is 18.8. The van der Waals surface area contributed by atoms with Crippen molar-refractivity contribution in [1.29, 1.82) is 0 Å². The van der Waals surface area contributed by atoms with Crippen LogP contribution < -0.4 is 5.46 Å². The molecule has 0 bridgehead atoms. The highest BCUT2D eigenvalue weighted by Gasteiger charge is 2.18. The molecular formula is C21H18BClFNO4. The smallest absolute Gasteiger partial charge is 0.465 e. The van der Waals surface area contributed by atoms with Crippen molar-refractivity contribution in [3.63, 3.8) is 0 Å². The first-order valence-electron chi connectivity index (χ1n) is 8.75. The van der Waals surface area contributed by atoms with E-state index in [1.807, 2.05) is 13.8 Å². The van der Waals surface area contributed by atoms with Crippen molar-refractivity contribution < 1.29 is 24.0 Å².